The molecule has 0 aliphatic rings. The number of benzene rings is 3. The van der Waals surface area contributed by atoms with Gasteiger partial charge in [0.15, 0.2) is 0 Å². The number of carbonyl (C=O) groups excluding carboxylic acids is 2. The zero-order chi connectivity index (χ0) is 28.6. The highest BCUT2D eigenvalue weighted by Gasteiger charge is 2.32. The van der Waals surface area contributed by atoms with E-state index < -0.39 is 40.2 Å². The molecule has 0 heterocycles. The van der Waals surface area contributed by atoms with Crippen LogP contribution in [0.5, 0.6) is 5.75 Å². The van der Waals surface area contributed by atoms with Gasteiger partial charge in [0.25, 0.3) is 10.0 Å². The number of amides is 2. The van der Waals surface area contributed by atoms with Gasteiger partial charge in [-0.15, -0.1) is 0 Å². The van der Waals surface area contributed by atoms with Gasteiger partial charge in [-0.05, 0) is 70.2 Å². The molecule has 3 rings (SSSR count). The molecule has 0 saturated carbocycles. The second-order valence-electron chi connectivity index (χ2n) is 8.94. The summed E-state index contributed by atoms with van der Waals surface area (Å²) in [7, 11) is -4.19. The van der Waals surface area contributed by atoms with Crippen molar-refractivity contribution in [2.75, 3.05) is 24.0 Å². The molecule has 0 radical (unpaired) electrons. The number of carbonyl (C=O) groups is 2. The second kappa shape index (κ2) is 13.2. The molecule has 0 aromatic heterocycles. The van der Waals surface area contributed by atoms with E-state index in [1.807, 2.05) is 13.8 Å². The lowest BCUT2D eigenvalue weighted by Crippen LogP contribution is -2.51. The average Bonchev–Trinajstić information content (AvgIpc) is 2.92. The largest absolute Gasteiger partial charge is 0.494 e. The zero-order valence-electron chi connectivity index (χ0n) is 22.6. The molecule has 8 nitrogen and oxygen atoms in total. The number of anilines is 1. The molecule has 39 heavy (non-hydrogen) atoms. The van der Waals surface area contributed by atoms with Crippen LogP contribution in [0.25, 0.3) is 0 Å². The molecule has 1 N–H and O–H groups in total. The van der Waals surface area contributed by atoms with E-state index in [1.165, 1.54) is 42.2 Å². The molecule has 10 heteroatoms. The van der Waals surface area contributed by atoms with Crippen LogP contribution >= 0.6 is 0 Å². The molecule has 0 saturated heterocycles. The third-order valence-corrected chi connectivity index (χ3v) is 7.93. The van der Waals surface area contributed by atoms with Gasteiger partial charge in [-0.1, -0.05) is 35.9 Å². The Morgan fingerprint density at radius 1 is 0.974 bits per heavy atom. The first-order valence-corrected chi connectivity index (χ1v) is 14.1. The summed E-state index contributed by atoms with van der Waals surface area (Å²) >= 11 is 0. The highest BCUT2D eigenvalue weighted by molar-refractivity contribution is 7.92. The number of halogens is 1. The van der Waals surface area contributed by atoms with E-state index in [0.717, 1.165) is 9.87 Å². The monoisotopic (exact) mass is 555 g/mol. The fourth-order valence-corrected chi connectivity index (χ4v) is 5.37. The lowest BCUT2D eigenvalue weighted by Gasteiger charge is -2.32. The summed E-state index contributed by atoms with van der Waals surface area (Å²) in [6.45, 7) is 6.90. The van der Waals surface area contributed by atoms with Crippen LogP contribution in [-0.4, -0.2) is 50.9 Å². The summed E-state index contributed by atoms with van der Waals surface area (Å²) in [5.74, 6) is -1.09. The van der Waals surface area contributed by atoms with Crippen molar-refractivity contribution in [3.05, 3.63) is 89.7 Å². The number of likely N-dealkylation sites (N-methyl/N-ethyl adjacent to an activating group) is 1. The molecule has 0 fully saturated rings. The van der Waals surface area contributed by atoms with Crippen LogP contribution in [0.4, 0.5) is 10.1 Å². The summed E-state index contributed by atoms with van der Waals surface area (Å²) in [6.07, 6.45) is 0. The van der Waals surface area contributed by atoms with Crippen molar-refractivity contribution in [3.63, 3.8) is 0 Å². The van der Waals surface area contributed by atoms with Gasteiger partial charge in [-0.3, -0.25) is 13.9 Å². The summed E-state index contributed by atoms with van der Waals surface area (Å²) in [4.78, 5) is 27.7. The van der Waals surface area contributed by atoms with Crippen molar-refractivity contribution in [1.82, 2.24) is 10.2 Å². The minimum Gasteiger partial charge on any atom is -0.494 e. The summed E-state index contributed by atoms with van der Waals surface area (Å²) in [5.41, 5.74) is 1.32. The smallest absolute Gasteiger partial charge is 0.264 e. The Hall–Kier alpha value is -3.92. The Bertz CT molecular complexity index is 1380. The molecule has 0 aliphatic carbocycles. The molecule has 3 aromatic carbocycles. The molecule has 208 valence electrons. The van der Waals surface area contributed by atoms with E-state index in [0.29, 0.717) is 18.9 Å². The molecule has 1 atom stereocenters. The first kappa shape index (κ1) is 29.6. The van der Waals surface area contributed by atoms with Gasteiger partial charge in [-0.25, -0.2) is 12.8 Å². The fourth-order valence-electron chi connectivity index (χ4n) is 3.96. The number of rotatable bonds is 12. The maximum atomic E-state index is 14.5. The molecular weight excluding hydrogens is 521 g/mol. The highest BCUT2D eigenvalue weighted by Crippen LogP contribution is 2.27. The van der Waals surface area contributed by atoms with Gasteiger partial charge in [0.1, 0.15) is 24.2 Å². The Morgan fingerprint density at radius 3 is 2.21 bits per heavy atom. The number of ether oxygens (including phenoxy) is 1. The zero-order valence-corrected chi connectivity index (χ0v) is 23.4. The van der Waals surface area contributed by atoms with Crippen LogP contribution in [0.2, 0.25) is 0 Å². The number of nitrogens with zero attached hydrogens (tertiary/aromatic N) is 2. The van der Waals surface area contributed by atoms with Crippen LogP contribution in [0.1, 0.15) is 31.9 Å². The fraction of sp³-hybridized carbons (Fsp3) is 0.310. The summed E-state index contributed by atoms with van der Waals surface area (Å²) in [6, 6.07) is 17.6. The van der Waals surface area contributed by atoms with E-state index in [9.17, 15) is 22.4 Å². The molecule has 0 spiro atoms. The van der Waals surface area contributed by atoms with Gasteiger partial charge < -0.3 is 15.0 Å². The summed E-state index contributed by atoms with van der Waals surface area (Å²) < 4.78 is 48.6. The van der Waals surface area contributed by atoms with Crippen molar-refractivity contribution in [1.29, 1.82) is 0 Å². The van der Waals surface area contributed by atoms with Crippen LogP contribution in [-0.2, 0) is 26.2 Å². The lowest BCUT2D eigenvalue weighted by atomic mass is 10.1. The van der Waals surface area contributed by atoms with Gasteiger partial charge >= 0.3 is 0 Å². The molecular formula is C29H34FN3O5S. The quantitative estimate of drug-likeness (QED) is 0.360. The van der Waals surface area contributed by atoms with Crippen molar-refractivity contribution in [2.45, 2.75) is 45.2 Å². The number of nitrogens with one attached hydrogen (secondary N) is 1. The first-order chi connectivity index (χ1) is 18.6. The van der Waals surface area contributed by atoms with E-state index in [1.54, 1.807) is 49.4 Å². The maximum absolute atomic E-state index is 14.5. The van der Waals surface area contributed by atoms with Crippen LogP contribution < -0.4 is 14.4 Å². The van der Waals surface area contributed by atoms with Crippen molar-refractivity contribution < 1.29 is 27.1 Å². The minimum atomic E-state index is -4.19. The van der Waals surface area contributed by atoms with Gasteiger partial charge in [0, 0.05) is 18.7 Å². The van der Waals surface area contributed by atoms with E-state index in [-0.39, 0.29) is 22.7 Å². The van der Waals surface area contributed by atoms with E-state index in [4.69, 9.17) is 4.74 Å². The van der Waals surface area contributed by atoms with Gasteiger partial charge in [0.2, 0.25) is 11.8 Å². The number of hydrogen-bond donors (Lipinski definition) is 1. The number of aryl methyl sites for hydroxylation is 1. The Labute approximate surface area is 229 Å². The van der Waals surface area contributed by atoms with Crippen LogP contribution in [0, 0.1) is 12.7 Å². The molecule has 0 unspecified atom stereocenters. The van der Waals surface area contributed by atoms with Crippen molar-refractivity contribution >= 4 is 27.5 Å². The molecule has 3 aromatic rings. The van der Waals surface area contributed by atoms with Crippen molar-refractivity contribution in [3.8, 4) is 5.75 Å². The topological polar surface area (TPSA) is 96.0 Å². The molecule has 0 aliphatic heterocycles. The van der Waals surface area contributed by atoms with Gasteiger partial charge in [-0.2, -0.15) is 0 Å². The average molecular weight is 556 g/mol. The minimum absolute atomic E-state index is 0.00668. The molecule has 0 bridgehead atoms. The predicted molar refractivity (Wildman–Crippen MR) is 148 cm³/mol. The standard InChI is InChI=1S/C29H34FN3O5S/c1-5-31-29(35)22(4)32(19-23-9-7-8-10-27(23)30)28(34)20-33(24-13-15-25(16-14-24)38-6-2)39(36,37)26-17-11-21(3)12-18-26/h7-18,22H,5-6,19-20H2,1-4H3,(H,31,35)/t22-/m0/s1. The van der Waals surface area contributed by atoms with Crippen LogP contribution in [0.3, 0.4) is 0 Å². The third kappa shape index (κ3) is 7.35. The predicted octanol–water partition coefficient (Wildman–Crippen LogP) is 4.28. The third-order valence-electron chi connectivity index (χ3n) is 6.14. The number of hydrogen-bond acceptors (Lipinski definition) is 5. The Balaban J connectivity index is 2.04. The SMILES string of the molecule is CCNC(=O)[C@H](C)N(Cc1ccccc1F)C(=O)CN(c1ccc(OCC)cc1)S(=O)(=O)c1ccc(C)cc1. The normalized spacial score (nSPS) is 11.9. The molecule has 2 amide bonds. The second-order valence-corrected chi connectivity index (χ2v) is 10.8. The van der Waals surface area contributed by atoms with Gasteiger partial charge in [0.05, 0.1) is 17.2 Å². The van der Waals surface area contributed by atoms with E-state index >= 15 is 0 Å². The first-order valence-electron chi connectivity index (χ1n) is 12.7. The Morgan fingerprint density at radius 2 is 1.62 bits per heavy atom. The van der Waals surface area contributed by atoms with E-state index in [2.05, 4.69) is 5.32 Å². The van der Waals surface area contributed by atoms with Crippen molar-refractivity contribution in [2.24, 2.45) is 0 Å². The highest BCUT2D eigenvalue weighted by atomic mass is 32.2. The number of sulfonamides is 1. The lowest BCUT2D eigenvalue weighted by molar-refractivity contribution is -0.139. The maximum Gasteiger partial charge on any atom is 0.264 e. The summed E-state index contributed by atoms with van der Waals surface area (Å²) in [5, 5.41) is 2.67. The Kier molecular flexibility index (Phi) is 10.1. The van der Waals surface area contributed by atoms with Crippen LogP contribution in [0.15, 0.2) is 77.7 Å².